The van der Waals surface area contributed by atoms with E-state index >= 15 is 0 Å². The molecule has 1 unspecified atom stereocenters. The second kappa shape index (κ2) is 8.13. The maximum Gasteiger partial charge on any atom is 0.146 e. The zero-order chi connectivity index (χ0) is 14.3. The van der Waals surface area contributed by atoms with Crippen LogP contribution in [0.1, 0.15) is 37.9 Å². The number of pyridine rings is 1. The summed E-state index contributed by atoms with van der Waals surface area (Å²) >= 11 is 1.58. The summed E-state index contributed by atoms with van der Waals surface area (Å²) in [5.41, 5.74) is 0.771. The summed E-state index contributed by atoms with van der Waals surface area (Å²) < 4.78 is 13.6. The predicted octanol–water partition coefficient (Wildman–Crippen LogP) is 3.13. The molecule has 0 aliphatic heterocycles. The van der Waals surface area contributed by atoms with Crippen molar-refractivity contribution in [1.29, 1.82) is 5.26 Å². The van der Waals surface area contributed by atoms with Crippen molar-refractivity contribution in [3.8, 4) is 6.07 Å². The molecule has 0 amide bonds. The standard InChI is InChI=1S/C14H20FN3S/c1-4-11(6-7-17-3)19-14-10(9-16)8-12(15)13(5-2)18-14/h8,11,17H,4-7H2,1-3H3. The van der Waals surface area contributed by atoms with Crippen molar-refractivity contribution in [3.63, 3.8) is 0 Å². The quantitative estimate of drug-likeness (QED) is 0.780. The monoisotopic (exact) mass is 281 g/mol. The summed E-state index contributed by atoms with van der Waals surface area (Å²) in [6, 6.07) is 3.34. The molecule has 0 bridgehead atoms. The molecule has 0 aromatic carbocycles. The van der Waals surface area contributed by atoms with Crippen LogP contribution < -0.4 is 5.32 Å². The van der Waals surface area contributed by atoms with Gasteiger partial charge in [-0.25, -0.2) is 9.37 Å². The minimum absolute atomic E-state index is 0.336. The second-order valence-electron chi connectivity index (χ2n) is 4.28. The van der Waals surface area contributed by atoms with Crippen LogP contribution in [-0.2, 0) is 6.42 Å². The second-order valence-corrected chi connectivity index (χ2v) is 5.56. The van der Waals surface area contributed by atoms with Crippen molar-refractivity contribution in [3.05, 3.63) is 23.1 Å². The van der Waals surface area contributed by atoms with E-state index in [2.05, 4.69) is 17.2 Å². The Morgan fingerprint density at radius 2 is 2.26 bits per heavy atom. The predicted molar refractivity (Wildman–Crippen MR) is 76.8 cm³/mol. The van der Waals surface area contributed by atoms with Gasteiger partial charge >= 0.3 is 0 Å². The van der Waals surface area contributed by atoms with E-state index in [1.165, 1.54) is 6.07 Å². The fourth-order valence-corrected chi connectivity index (χ4v) is 2.85. The summed E-state index contributed by atoms with van der Waals surface area (Å²) in [6.45, 7) is 4.91. The van der Waals surface area contributed by atoms with Crippen LogP contribution in [0, 0.1) is 17.1 Å². The zero-order valence-corrected chi connectivity index (χ0v) is 12.5. The highest BCUT2D eigenvalue weighted by atomic mass is 32.2. The summed E-state index contributed by atoms with van der Waals surface area (Å²) in [6.07, 6.45) is 2.54. The third-order valence-electron chi connectivity index (χ3n) is 2.92. The molecule has 1 N–H and O–H groups in total. The highest BCUT2D eigenvalue weighted by Gasteiger charge is 2.15. The van der Waals surface area contributed by atoms with Crippen LogP contribution in [0.2, 0.25) is 0 Å². The maximum absolute atomic E-state index is 13.6. The zero-order valence-electron chi connectivity index (χ0n) is 11.7. The van der Waals surface area contributed by atoms with Gasteiger partial charge in [-0.1, -0.05) is 13.8 Å². The molecular formula is C14H20FN3S. The van der Waals surface area contributed by atoms with E-state index < -0.39 is 0 Å². The van der Waals surface area contributed by atoms with Crippen molar-refractivity contribution in [2.24, 2.45) is 0 Å². The van der Waals surface area contributed by atoms with Crippen LogP contribution >= 0.6 is 11.8 Å². The molecule has 5 heteroatoms. The first-order valence-corrected chi connectivity index (χ1v) is 7.44. The number of aromatic nitrogens is 1. The molecule has 0 spiro atoms. The van der Waals surface area contributed by atoms with Gasteiger partial charge in [0.25, 0.3) is 0 Å². The molecule has 1 heterocycles. The van der Waals surface area contributed by atoms with Crippen LogP contribution in [0.4, 0.5) is 4.39 Å². The van der Waals surface area contributed by atoms with Gasteiger partial charge in [0.2, 0.25) is 0 Å². The topological polar surface area (TPSA) is 48.7 Å². The Labute approximate surface area is 118 Å². The van der Waals surface area contributed by atoms with Crippen molar-refractivity contribution in [2.45, 2.75) is 43.4 Å². The Hall–Kier alpha value is -1.12. The number of nitrogens with zero attached hydrogens (tertiary/aromatic N) is 2. The van der Waals surface area contributed by atoms with Crippen LogP contribution in [0.15, 0.2) is 11.1 Å². The van der Waals surface area contributed by atoms with Gasteiger partial charge in [0.15, 0.2) is 0 Å². The lowest BCUT2D eigenvalue weighted by molar-refractivity contribution is 0.595. The summed E-state index contributed by atoms with van der Waals surface area (Å²) in [7, 11) is 1.92. The summed E-state index contributed by atoms with van der Waals surface area (Å²) in [5.74, 6) is -0.383. The SMILES string of the molecule is CCc1nc(SC(CC)CCNC)c(C#N)cc1F. The van der Waals surface area contributed by atoms with E-state index in [-0.39, 0.29) is 5.82 Å². The average Bonchev–Trinajstić information content (AvgIpc) is 2.44. The Morgan fingerprint density at radius 3 is 2.79 bits per heavy atom. The van der Waals surface area contributed by atoms with Crippen molar-refractivity contribution < 1.29 is 4.39 Å². The number of hydrogen-bond acceptors (Lipinski definition) is 4. The molecule has 0 radical (unpaired) electrons. The molecule has 3 nitrogen and oxygen atoms in total. The van der Waals surface area contributed by atoms with Crippen molar-refractivity contribution in [2.75, 3.05) is 13.6 Å². The molecule has 0 aliphatic rings. The Balaban J connectivity index is 2.95. The van der Waals surface area contributed by atoms with Crippen LogP contribution in [0.25, 0.3) is 0 Å². The van der Waals surface area contributed by atoms with E-state index in [0.717, 1.165) is 19.4 Å². The number of halogens is 1. The first-order valence-electron chi connectivity index (χ1n) is 6.56. The number of nitrogens with one attached hydrogen (secondary N) is 1. The highest BCUT2D eigenvalue weighted by molar-refractivity contribution is 7.99. The smallest absolute Gasteiger partial charge is 0.146 e. The van der Waals surface area contributed by atoms with Gasteiger partial charge in [0.1, 0.15) is 16.9 Å². The van der Waals surface area contributed by atoms with Crippen LogP contribution in [0.5, 0.6) is 0 Å². The van der Waals surface area contributed by atoms with Crippen LogP contribution in [-0.4, -0.2) is 23.8 Å². The minimum Gasteiger partial charge on any atom is -0.320 e. The number of hydrogen-bond donors (Lipinski definition) is 1. The lowest BCUT2D eigenvalue weighted by atomic mass is 10.2. The lowest BCUT2D eigenvalue weighted by Gasteiger charge is -2.15. The largest absolute Gasteiger partial charge is 0.320 e. The number of nitriles is 1. The van der Waals surface area contributed by atoms with E-state index in [9.17, 15) is 4.39 Å². The molecular weight excluding hydrogens is 261 g/mol. The van der Waals surface area contributed by atoms with Gasteiger partial charge in [0, 0.05) is 5.25 Å². The van der Waals surface area contributed by atoms with Gasteiger partial charge in [-0.3, -0.25) is 0 Å². The minimum atomic E-state index is -0.383. The van der Waals surface area contributed by atoms with E-state index in [0.29, 0.717) is 28.0 Å². The van der Waals surface area contributed by atoms with Gasteiger partial charge in [-0.05, 0) is 38.9 Å². The van der Waals surface area contributed by atoms with E-state index in [1.807, 2.05) is 20.0 Å². The molecule has 1 rings (SSSR count). The average molecular weight is 281 g/mol. The highest BCUT2D eigenvalue weighted by Crippen LogP contribution is 2.29. The van der Waals surface area contributed by atoms with E-state index in [1.54, 1.807) is 11.8 Å². The number of aryl methyl sites for hydroxylation is 1. The van der Waals surface area contributed by atoms with Gasteiger partial charge < -0.3 is 5.32 Å². The Bertz CT molecular complexity index is 457. The van der Waals surface area contributed by atoms with Crippen LogP contribution in [0.3, 0.4) is 0 Å². The molecule has 1 atom stereocenters. The molecule has 0 saturated carbocycles. The summed E-state index contributed by atoms with van der Waals surface area (Å²) in [4.78, 5) is 4.30. The molecule has 104 valence electrons. The molecule has 1 aromatic heterocycles. The Kier molecular flexibility index (Phi) is 6.82. The van der Waals surface area contributed by atoms with E-state index in [4.69, 9.17) is 5.26 Å². The lowest BCUT2D eigenvalue weighted by Crippen LogP contribution is -2.14. The van der Waals surface area contributed by atoms with Crippen molar-refractivity contribution >= 4 is 11.8 Å². The summed E-state index contributed by atoms with van der Waals surface area (Å²) in [5, 5.41) is 13.3. The van der Waals surface area contributed by atoms with Gasteiger partial charge in [-0.2, -0.15) is 5.26 Å². The molecule has 19 heavy (non-hydrogen) atoms. The fourth-order valence-electron chi connectivity index (χ4n) is 1.74. The molecule has 0 fully saturated rings. The molecule has 1 aromatic rings. The third-order valence-corrected chi connectivity index (χ3v) is 4.36. The normalized spacial score (nSPS) is 12.2. The third kappa shape index (κ3) is 4.48. The Morgan fingerprint density at radius 1 is 1.53 bits per heavy atom. The molecule has 0 aliphatic carbocycles. The number of thioether (sulfide) groups is 1. The molecule has 0 saturated heterocycles. The maximum atomic E-state index is 13.6. The van der Waals surface area contributed by atoms with Gasteiger partial charge in [0.05, 0.1) is 11.3 Å². The fraction of sp³-hybridized carbons (Fsp3) is 0.571. The first-order chi connectivity index (χ1) is 9.15. The van der Waals surface area contributed by atoms with Crippen molar-refractivity contribution in [1.82, 2.24) is 10.3 Å². The van der Waals surface area contributed by atoms with Gasteiger partial charge in [-0.15, -0.1) is 11.8 Å². The first kappa shape index (κ1) is 15.9. The number of rotatable bonds is 7.